The van der Waals surface area contributed by atoms with Crippen LogP contribution in [0.2, 0.25) is 0 Å². The molecule has 0 bridgehead atoms. The molecule has 13 heavy (non-hydrogen) atoms. The predicted octanol–water partition coefficient (Wildman–Crippen LogP) is 3.42. The molecule has 0 saturated heterocycles. The molecule has 68 valence electrons. The Hall–Kier alpha value is -0.890. The third-order valence-corrected chi connectivity index (χ3v) is 3.31. The van der Waals surface area contributed by atoms with E-state index in [2.05, 4.69) is 31.0 Å². The Balaban J connectivity index is 2.74. The number of thiazole rings is 1. The third-order valence-electron chi connectivity index (χ3n) is 2.41. The van der Waals surface area contributed by atoms with Gasteiger partial charge in [-0.05, 0) is 24.0 Å². The first-order valence-corrected chi connectivity index (χ1v) is 5.58. The molecule has 2 aromatic rings. The zero-order valence-electron chi connectivity index (χ0n) is 8.00. The van der Waals surface area contributed by atoms with E-state index in [1.165, 1.54) is 21.3 Å². The fourth-order valence-electron chi connectivity index (χ4n) is 1.62. The molecular weight excluding hydrogens is 178 g/mol. The first-order chi connectivity index (χ1) is 6.36. The molecule has 2 rings (SSSR count). The minimum Gasteiger partial charge on any atom is -0.244 e. The molecule has 0 spiro atoms. The van der Waals surface area contributed by atoms with Crippen molar-refractivity contribution in [2.75, 3.05) is 0 Å². The number of aryl methyl sites for hydroxylation is 2. The molecule has 0 unspecified atom stereocenters. The van der Waals surface area contributed by atoms with Gasteiger partial charge in [0.25, 0.3) is 0 Å². The van der Waals surface area contributed by atoms with Crippen LogP contribution in [0.4, 0.5) is 0 Å². The van der Waals surface area contributed by atoms with Gasteiger partial charge >= 0.3 is 0 Å². The lowest BCUT2D eigenvalue weighted by atomic mass is 10.1. The Morgan fingerprint density at radius 1 is 1.15 bits per heavy atom. The van der Waals surface area contributed by atoms with E-state index in [1.54, 1.807) is 11.3 Å². The van der Waals surface area contributed by atoms with Crippen molar-refractivity contribution in [3.05, 3.63) is 28.8 Å². The highest BCUT2D eigenvalue weighted by molar-refractivity contribution is 7.17. The molecule has 0 fully saturated rings. The van der Waals surface area contributed by atoms with Gasteiger partial charge in [0, 0.05) is 0 Å². The highest BCUT2D eigenvalue weighted by Gasteiger charge is 2.05. The highest BCUT2D eigenvalue weighted by atomic mass is 32.1. The second-order valence-electron chi connectivity index (χ2n) is 3.12. The first kappa shape index (κ1) is 8.70. The number of hydrogen-bond acceptors (Lipinski definition) is 2. The van der Waals surface area contributed by atoms with Crippen molar-refractivity contribution in [1.29, 1.82) is 0 Å². The molecule has 0 aliphatic rings. The summed E-state index contributed by atoms with van der Waals surface area (Å²) in [6.45, 7) is 4.37. The molecule has 1 heterocycles. The Morgan fingerprint density at radius 2 is 1.85 bits per heavy atom. The Labute approximate surface area is 82.4 Å². The highest BCUT2D eigenvalue weighted by Crippen LogP contribution is 2.26. The van der Waals surface area contributed by atoms with Crippen molar-refractivity contribution < 1.29 is 0 Å². The largest absolute Gasteiger partial charge is 0.244 e. The van der Waals surface area contributed by atoms with Gasteiger partial charge in [0.05, 0.1) is 15.7 Å². The van der Waals surface area contributed by atoms with Crippen molar-refractivity contribution >= 4 is 21.6 Å². The van der Waals surface area contributed by atoms with Crippen molar-refractivity contribution in [3.63, 3.8) is 0 Å². The lowest BCUT2D eigenvalue weighted by Gasteiger charge is -2.02. The smallest absolute Gasteiger partial charge is 0.0846 e. The normalized spacial score (nSPS) is 10.9. The average Bonchev–Trinajstić information content (AvgIpc) is 2.64. The van der Waals surface area contributed by atoms with Crippen LogP contribution in [0, 0.1) is 0 Å². The van der Waals surface area contributed by atoms with Crippen LogP contribution in [0.3, 0.4) is 0 Å². The van der Waals surface area contributed by atoms with E-state index < -0.39 is 0 Å². The maximum Gasteiger partial charge on any atom is 0.0846 e. The topological polar surface area (TPSA) is 12.9 Å². The van der Waals surface area contributed by atoms with Crippen LogP contribution in [0.5, 0.6) is 0 Å². The molecule has 0 atom stereocenters. The standard InChI is InChI=1S/C11H13NS/c1-3-8-5-6-9(4-2)11-10(8)12-7-13-11/h5-7H,3-4H2,1-2H3. The SMILES string of the molecule is CCc1ccc(CC)c2scnc12. The maximum absolute atomic E-state index is 4.42. The minimum absolute atomic E-state index is 1.07. The summed E-state index contributed by atoms with van der Waals surface area (Å²) in [6, 6.07) is 4.44. The second-order valence-corrected chi connectivity index (χ2v) is 3.98. The van der Waals surface area contributed by atoms with E-state index in [0.29, 0.717) is 0 Å². The van der Waals surface area contributed by atoms with Gasteiger partial charge in [-0.2, -0.15) is 0 Å². The average molecular weight is 191 g/mol. The van der Waals surface area contributed by atoms with Crippen LogP contribution < -0.4 is 0 Å². The molecule has 0 aliphatic heterocycles. The molecule has 0 N–H and O–H groups in total. The summed E-state index contributed by atoms with van der Waals surface area (Å²) in [6.07, 6.45) is 2.17. The summed E-state index contributed by atoms with van der Waals surface area (Å²) in [5.74, 6) is 0. The number of rotatable bonds is 2. The summed E-state index contributed by atoms with van der Waals surface area (Å²) in [5.41, 5.74) is 5.96. The van der Waals surface area contributed by atoms with Crippen molar-refractivity contribution in [1.82, 2.24) is 4.98 Å². The molecule has 1 nitrogen and oxygen atoms in total. The lowest BCUT2D eigenvalue weighted by Crippen LogP contribution is -1.86. The Bertz CT molecular complexity index is 379. The molecule has 0 saturated carbocycles. The Kier molecular flexibility index (Phi) is 2.32. The van der Waals surface area contributed by atoms with E-state index in [0.717, 1.165) is 12.8 Å². The molecule has 1 aromatic carbocycles. The summed E-state index contributed by atoms with van der Waals surface area (Å²) >= 11 is 1.76. The zero-order valence-corrected chi connectivity index (χ0v) is 8.82. The van der Waals surface area contributed by atoms with Crippen LogP contribution in [0.25, 0.3) is 10.2 Å². The van der Waals surface area contributed by atoms with E-state index >= 15 is 0 Å². The number of benzene rings is 1. The third kappa shape index (κ3) is 1.35. The van der Waals surface area contributed by atoms with E-state index in [9.17, 15) is 0 Å². The molecule has 0 aliphatic carbocycles. The van der Waals surface area contributed by atoms with Gasteiger partial charge in [-0.3, -0.25) is 0 Å². The molecule has 1 aromatic heterocycles. The number of hydrogen-bond donors (Lipinski definition) is 0. The van der Waals surface area contributed by atoms with Crippen LogP contribution in [-0.4, -0.2) is 4.98 Å². The fraction of sp³-hybridized carbons (Fsp3) is 0.364. The lowest BCUT2D eigenvalue weighted by molar-refractivity contribution is 1.12. The van der Waals surface area contributed by atoms with Gasteiger partial charge < -0.3 is 0 Å². The van der Waals surface area contributed by atoms with Gasteiger partial charge in [-0.1, -0.05) is 26.0 Å². The van der Waals surface area contributed by atoms with Gasteiger partial charge in [0.15, 0.2) is 0 Å². The minimum atomic E-state index is 1.07. The molecule has 0 radical (unpaired) electrons. The summed E-state index contributed by atoms with van der Waals surface area (Å²) < 4.78 is 1.38. The molecular formula is C11H13NS. The van der Waals surface area contributed by atoms with Crippen molar-refractivity contribution in [3.8, 4) is 0 Å². The second kappa shape index (κ2) is 3.46. The van der Waals surface area contributed by atoms with E-state index in [-0.39, 0.29) is 0 Å². The van der Waals surface area contributed by atoms with Crippen LogP contribution in [0.1, 0.15) is 25.0 Å². The van der Waals surface area contributed by atoms with Gasteiger partial charge in [-0.25, -0.2) is 4.98 Å². The van der Waals surface area contributed by atoms with Gasteiger partial charge in [0.1, 0.15) is 0 Å². The van der Waals surface area contributed by atoms with Gasteiger partial charge in [0.2, 0.25) is 0 Å². The molecule has 2 heteroatoms. The number of aromatic nitrogens is 1. The summed E-state index contributed by atoms with van der Waals surface area (Å²) in [5, 5.41) is 0. The first-order valence-electron chi connectivity index (χ1n) is 4.70. The van der Waals surface area contributed by atoms with Crippen molar-refractivity contribution in [2.24, 2.45) is 0 Å². The van der Waals surface area contributed by atoms with E-state index in [4.69, 9.17) is 0 Å². The van der Waals surface area contributed by atoms with Crippen LogP contribution >= 0.6 is 11.3 Å². The van der Waals surface area contributed by atoms with E-state index in [1.807, 2.05) is 5.51 Å². The predicted molar refractivity (Wildman–Crippen MR) is 58.4 cm³/mol. The molecule has 0 amide bonds. The van der Waals surface area contributed by atoms with Crippen molar-refractivity contribution in [2.45, 2.75) is 26.7 Å². The summed E-state index contributed by atoms with van der Waals surface area (Å²) in [7, 11) is 0. The van der Waals surface area contributed by atoms with Gasteiger partial charge in [-0.15, -0.1) is 11.3 Å². The monoisotopic (exact) mass is 191 g/mol. The zero-order chi connectivity index (χ0) is 9.26. The Morgan fingerprint density at radius 3 is 2.54 bits per heavy atom. The van der Waals surface area contributed by atoms with Crippen LogP contribution in [-0.2, 0) is 12.8 Å². The number of fused-ring (bicyclic) bond motifs is 1. The van der Waals surface area contributed by atoms with Crippen LogP contribution in [0.15, 0.2) is 17.6 Å². The summed E-state index contributed by atoms with van der Waals surface area (Å²) in [4.78, 5) is 4.42. The fourth-order valence-corrected chi connectivity index (χ4v) is 2.54. The number of nitrogens with zero attached hydrogens (tertiary/aromatic N) is 1. The quantitative estimate of drug-likeness (QED) is 0.708. The maximum atomic E-state index is 4.42.